The summed E-state index contributed by atoms with van der Waals surface area (Å²) >= 11 is 1.36. The summed E-state index contributed by atoms with van der Waals surface area (Å²) in [6.45, 7) is 9.37. The van der Waals surface area contributed by atoms with E-state index < -0.39 is 0 Å². The van der Waals surface area contributed by atoms with Crippen LogP contribution in [0.25, 0.3) is 16.7 Å². The van der Waals surface area contributed by atoms with E-state index in [2.05, 4.69) is 23.5 Å². The molecule has 1 aromatic carbocycles. The molecular formula is C26H21N3O2S. The molecule has 0 aliphatic carbocycles. The summed E-state index contributed by atoms with van der Waals surface area (Å²) in [5.41, 5.74) is 2.69. The molecule has 0 atom stereocenters. The Balaban J connectivity index is 2.05. The van der Waals surface area contributed by atoms with Crippen LogP contribution >= 0.6 is 11.3 Å². The topological polar surface area (TPSA) is 64.0 Å². The van der Waals surface area contributed by atoms with Crippen LogP contribution in [0.1, 0.15) is 20.9 Å². The maximum atomic E-state index is 13.1. The van der Waals surface area contributed by atoms with Gasteiger partial charge in [-0.2, -0.15) is 0 Å². The number of aryl methyl sites for hydroxylation is 1. The van der Waals surface area contributed by atoms with Crippen LogP contribution in [0, 0.1) is 6.92 Å². The molecule has 0 unspecified atom stereocenters. The number of thiophene rings is 1. The highest BCUT2D eigenvalue weighted by Gasteiger charge is 2.19. The van der Waals surface area contributed by atoms with Gasteiger partial charge in [-0.05, 0) is 54.3 Å². The third-order valence-corrected chi connectivity index (χ3v) is 5.81. The second kappa shape index (κ2) is 8.99. The second-order valence-electron chi connectivity index (χ2n) is 7.08. The van der Waals surface area contributed by atoms with Crippen LogP contribution in [-0.2, 0) is 0 Å². The molecule has 1 N–H and O–H groups in total. The molecule has 0 bridgehead atoms. The van der Waals surface area contributed by atoms with E-state index in [0.29, 0.717) is 38.7 Å². The van der Waals surface area contributed by atoms with Crippen LogP contribution in [0.5, 0.6) is 0 Å². The number of hydrogen-bond acceptors (Lipinski definition) is 5. The normalized spacial score (nSPS) is 11.3. The molecule has 0 fully saturated rings. The molecule has 0 aliphatic rings. The Morgan fingerprint density at radius 2 is 1.91 bits per heavy atom. The summed E-state index contributed by atoms with van der Waals surface area (Å²) in [6, 6.07) is 16.4. The van der Waals surface area contributed by atoms with Crippen LogP contribution in [-0.4, -0.2) is 15.3 Å². The molecule has 5 nitrogen and oxygen atoms in total. The van der Waals surface area contributed by atoms with E-state index in [1.807, 2.05) is 53.3 Å². The van der Waals surface area contributed by atoms with Gasteiger partial charge < -0.3 is 5.32 Å². The number of carbonyl (C=O) groups excluding carboxylic acids is 1. The first-order valence-corrected chi connectivity index (χ1v) is 10.8. The molecule has 4 rings (SSSR count). The lowest BCUT2D eigenvalue weighted by atomic mass is 10.1. The van der Waals surface area contributed by atoms with E-state index in [0.717, 1.165) is 5.69 Å². The van der Waals surface area contributed by atoms with E-state index in [9.17, 15) is 9.59 Å². The number of para-hydroxylation sites is 1. The van der Waals surface area contributed by atoms with Crippen molar-refractivity contribution >= 4 is 34.0 Å². The van der Waals surface area contributed by atoms with Crippen molar-refractivity contribution in [3.63, 3.8) is 0 Å². The number of pyridine rings is 2. The summed E-state index contributed by atoms with van der Waals surface area (Å²) in [5.74, 6) is 0.336. The smallest absolute Gasteiger partial charge is 0.221 e. The van der Waals surface area contributed by atoms with Gasteiger partial charge in [0, 0.05) is 17.5 Å². The molecule has 158 valence electrons. The van der Waals surface area contributed by atoms with Gasteiger partial charge in [0.15, 0.2) is 11.1 Å². The Labute approximate surface area is 189 Å². The number of aromatic nitrogens is 2. The number of ketones is 1. The fraction of sp³-hybridized carbons (Fsp3) is 0.0385. The maximum Gasteiger partial charge on any atom is 0.221 e. The quantitative estimate of drug-likeness (QED) is 0.298. The predicted molar refractivity (Wildman–Crippen MR) is 132 cm³/mol. The van der Waals surface area contributed by atoms with Crippen molar-refractivity contribution < 1.29 is 4.79 Å². The van der Waals surface area contributed by atoms with Crippen molar-refractivity contribution in [3.05, 3.63) is 123 Å². The Hall–Kier alpha value is -4.03. The predicted octanol–water partition coefficient (Wildman–Crippen LogP) is 5.65. The Kier molecular flexibility index (Phi) is 5.96. The summed E-state index contributed by atoms with van der Waals surface area (Å²) in [6.07, 6.45) is 5.03. The number of nitrogens with zero attached hydrogens (tertiary/aromatic N) is 2. The lowest BCUT2D eigenvalue weighted by Gasteiger charge is -2.19. The van der Waals surface area contributed by atoms with Gasteiger partial charge in [-0.15, -0.1) is 11.3 Å². The molecule has 3 aromatic heterocycles. The van der Waals surface area contributed by atoms with Gasteiger partial charge in [0.2, 0.25) is 5.78 Å². The minimum atomic E-state index is -0.184. The highest BCUT2D eigenvalue weighted by atomic mass is 32.1. The molecule has 0 aliphatic heterocycles. The standard InChI is InChI=1S/C26H21N3O2S/c1-4-10-18(5-2)27-23-16-21(30)24-17(3)15-20(25(31)22-13-9-14-32-22)28-26(24)29(23)19-11-7-6-8-12-19/h4-16,27H,1-2H2,3H3/b18-10+. The Morgan fingerprint density at radius 1 is 1.12 bits per heavy atom. The third kappa shape index (κ3) is 3.96. The summed E-state index contributed by atoms with van der Waals surface area (Å²) < 4.78 is 1.84. The number of nitrogens with one attached hydrogen (secondary N) is 1. The largest absolute Gasteiger partial charge is 0.341 e. The van der Waals surface area contributed by atoms with Crippen LogP contribution in [0.15, 0.2) is 102 Å². The van der Waals surface area contributed by atoms with E-state index in [1.54, 1.807) is 30.4 Å². The van der Waals surface area contributed by atoms with Crippen molar-refractivity contribution in [2.75, 3.05) is 5.32 Å². The summed E-state index contributed by atoms with van der Waals surface area (Å²) in [4.78, 5) is 31.4. The highest BCUT2D eigenvalue weighted by Crippen LogP contribution is 2.26. The average Bonchev–Trinajstić information content (AvgIpc) is 3.33. The third-order valence-electron chi connectivity index (χ3n) is 4.95. The number of anilines is 1. The van der Waals surface area contributed by atoms with Crippen molar-refractivity contribution in [1.82, 2.24) is 9.55 Å². The number of fused-ring (bicyclic) bond motifs is 1. The minimum absolute atomic E-state index is 0.172. The lowest BCUT2D eigenvalue weighted by Crippen LogP contribution is -2.17. The zero-order valence-electron chi connectivity index (χ0n) is 17.5. The molecule has 0 saturated carbocycles. The van der Waals surface area contributed by atoms with Gasteiger partial charge in [-0.1, -0.05) is 43.5 Å². The average molecular weight is 440 g/mol. The molecular weight excluding hydrogens is 418 g/mol. The first kappa shape index (κ1) is 21.2. The van der Waals surface area contributed by atoms with Gasteiger partial charge in [-0.25, -0.2) is 4.98 Å². The highest BCUT2D eigenvalue weighted by molar-refractivity contribution is 7.12. The van der Waals surface area contributed by atoms with Gasteiger partial charge >= 0.3 is 0 Å². The van der Waals surface area contributed by atoms with Crippen molar-refractivity contribution in [2.45, 2.75) is 6.92 Å². The summed E-state index contributed by atoms with van der Waals surface area (Å²) in [5, 5.41) is 5.56. The fourth-order valence-corrected chi connectivity index (χ4v) is 4.19. The van der Waals surface area contributed by atoms with Crippen LogP contribution in [0.2, 0.25) is 0 Å². The zero-order valence-corrected chi connectivity index (χ0v) is 18.4. The number of rotatable bonds is 7. The number of allylic oxidation sites excluding steroid dienone is 3. The Bertz CT molecular complexity index is 1420. The number of carbonyl (C=O) groups is 1. The first-order valence-electron chi connectivity index (χ1n) is 9.96. The summed E-state index contributed by atoms with van der Waals surface area (Å²) in [7, 11) is 0. The SMILES string of the molecule is C=C/C=C(\C=C)Nc1cc(=O)c2c(C)cc(C(=O)c3cccs3)nc2n1-c1ccccc1. The molecule has 0 amide bonds. The molecule has 0 radical (unpaired) electrons. The molecule has 6 heteroatoms. The molecule has 4 aromatic rings. The maximum absolute atomic E-state index is 13.1. The molecule has 0 spiro atoms. The molecule has 32 heavy (non-hydrogen) atoms. The van der Waals surface area contributed by atoms with Gasteiger partial charge in [-0.3, -0.25) is 14.2 Å². The van der Waals surface area contributed by atoms with E-state index >= 15 is 0 Å². The van der Waals surface area contributed by atoms with Crippen LogP contribution in [0.3, 0.4) is 0 Å². The monoisotopic (exact) mass is 439 g/mol. The van der Waals surface area contributed by atoms with E-state index in [1.165, 1.54) is 17.4 Å². The van der Waals surface area contributed by atoms with Gasteiger partial charge in [0.1, 0.15) is 11.5 Å². The second-order valence-corrected chi connectivity index (χ2v) is 8.03. The van der Waals surface area contributed by atoms with Crippen LogP contribution in [0.4, 0.5) is 5.82 Å². The van der Waals surface area contributed by atoms with Gasteiger partial charge in [0.05, 0.1) is 10.3 Å². The van der Waals surface area contributed by atoms with Gasteiger partial charge in [0.25, 0.3) is 0 Å². The van der Waals surface area contributed by atoms with Crippen LogP contribution < -0.4 is 10.7 Å². The minimum Gasteiger partial charge on any atom is -0.341 e. The molecule has 3 heterocycles. The van der Waals surface area contributed by atoms with Crippen molar-refractivity contribution in [1.29, 1.82) is 0 Å². The van der Waals surface area contributed by atoms with E-state index in [4.69, 9.17) is 0 Å². The first-order chi connectivity index (χ1) is 15.5. The molecule has 0 saturated heterocycles. The van der Waals surface area contributed by atoms with E-state index in [-0.39, 0.29) is 11.2 Å². The Morgan fingerprint density at radius 3 is 2.56 bits per heavy atom. The fourth-order valence-electron chi connectivity index (χ4n) is 3.51. The zero-order chi connectivity index (χ0) is 22.7. The van der Waals surface area contributed by atoms with Crippen molar-refractivity contribution in [2.24, 2.45) is 0 Å². The number of hydrogen-bond donors (Lipinski definition) is 1. The van der Waals surface area contributed by atoms with Crippen molar-refractivity contribution in [3.8, 4) is 5.69 Å². The lowest BCUT2D eigenvalue weighted by molar-refractivity contribution is 0.103. The number of benzene rings is 1.